The van der Waals surface area contributed by atoms with Gasteiger partial charge in [0.2, 0.25) is 0 Å². The summed E-state index contributed by atoms with van der Waals surface area (Å²) in [6.07, 6.45) is 2.63. The van der Waals surface area contributed by atoms with Crippen LogP contribution < -0.4 is 20.7 Å². The Morgan fingerprint density at radius 3 is 2.73 bits per heavy atom. The number of likely N-dealkylation sites (N-methyl/N-ethyl adjacent to an activating group) is 1. The maximum absolute atomic E-state index is 7.45. The largest absolute Gasteiger partial charge is 0.496 e. The van der Waals surface area contributed by atoms with E-state index < -0.39 is 0 Å². The van der Waals surface area contributed by atoms with Crippen LogP contribution in [0.1, 0.15) is 11.1 Å². The minimum Gasteiger partial charge on any atom is -0.496 e. The molecule has 0 amide bonds. The molecule has 0 aliphatic carbocycles. The average molecular weight is 373 g/mol. The Morgan fingerprint density at radius 1 is 1.31 bits per heavy atom. The van der Waals surface area contributed by atoms with Gasteiger partial charge in [-0.25, -0.2) is 0 Å². The number of hydrogen-bond acceptors (Lipinski definition) is 5. The molecule has 26 heavy (non-hydrogen) atoms. The van der Waals surface area contributed by atoms with E-state index in [0.717, 1.165) is 41.5 Å². The Balaban J connectivity index is 1.96. The van der Waals surface area contributed by atoms with E-state index in [9.17, 15) is 0 Å². The Hall–Kier alpha value is -2.50. The van der Waals surface area contributed by atoms with Gasteiger partial charge in [-0.2, -0.15) is 0 Å². The predicted octanol–water partition coefficient (Wildman–Crippen LogP) is 3.52. The number of hydrogen-bond donors (Lipinski definition) is 3. The number of nitrogens with zero attached hydrogens (tertiary/aromatic N) is 1. The number of anilines is 1. The average Bonchev–Trinajstić information content (AvgIpc) is 2.67. The van der Waals surface area contributed by atoms with Gasteiger partial charge in [0.25, 0.3) is 0 Å². The highest BCUT2D eigenvalue weighted by molar-refractivity contribution is 6.31. The quantitative estimate of drug-likeness (QED) is 0.465. The SMILES string of the molecule is COc1cc(N(C)CCNCc2ccccc2Cl)ccc1/C(C=N)=C/N. The Morgan fingerprint density at radius 2 is 2.08 bits per heavy atom. The van der Waals surface area contributed by atoms with E-state index >= 15 is 0 Å². The molecular formula is C20H25ClN4O. The van der Waals surface area contributed by atoms with Crippen LogP contribution in [-0.4, -0.2) is 33.5 Å². The van der Waals surface area contributed by atoms with E-state index in [0.29, 0.717) is 11.3 Å². The standard InChI is InChI=1S/C20H25ClN4O/c1-25(10-9-24-14-15-5-3-4-6-19(15)21)17-7-8-18(16(12-22)13-23)20(11-17)26-2/h3-8,11-13,22,24H,9-10,14,23H2,1-2H3/b16-13+,22-12?. The van der Waals surface area contributed by atoms with Crippen LogP contribution in [-0.2, 0) is 6.54 Å². The molecule has 0 spiro atoms. The highest BCUT2D eigenvalue weighted by Gasteiger charge is 2.10. The van der Waals surface area contributed by atoms with Crippen LogP contribution in [0, 0.1) is 5.41 Å². The molecule has 0 aliphatic rings. The van der Waals surface area contributed by atoms with Crippen molar-refractivity contribution >= 4 is 29.1 Å². The van der Waals surface area contributed by atoms with Crippen molar-refractivity contribution in [3.05, 3.63) is 64.8 Å². The Labute approximate surface area is 159 Å². The fourth-order valence-electron chi connectivity index (χ4n) is 2.61. The molecule has 0 saturated heterocycles. The Bertz CT molecular complexity index is 776. The van der Waals surface area contributed by atoms with Crippen molar-refractivity contribution in [1.82, 2.24) is 5.32 Å². The first-order valence-electron chi connectivity index (χ1n) is 8.36. The van der Waals surface area contributed by atoms with E-state index in [1.54, 1.807) is 7.11 Å². The lowest BCUT2D eigenvalue weighted by molar-refractivity contribution is 0.413. The van der Waals surface area contributed by atoms with Gasteiger partial charge in [-0.3, -0.25) is 0 Å². The second-order valence-electron chi connectivity index (χ2n) is 5.84. The van der Waals surface area contributed by atoms with Crippen LogP contribution in [0.3, 0.4) is 0 Å². The topological polar surface area (TPSA) is 74.4 Å². The summed E-state index contributed by atoms with van der Waals surface area (Å²) in [6, 6.07) is 13.7. The van der Waals surface area contributed by atoms with Gasteiger partial charge in [0.15, 0.2) is 0 Å². The zero-order valence-corrected chi connectivity index (χ0v) is 15.9. The van der Waals surface area contributed by atoms with Crippen molar-refractivity contribution in [1.29, 1.82) is 5.41 Å². The van der Waals surface area contributed by atoms with Gasteiger partial charge in [0, 0.05) is 67.0 Å². The number of methoxy groups -OCH3 is 1. The molecule has 0 bridgehead atoms. The molecule has 2 rings (SSSR count). The lowest BCUT2D eigenvalue weighted by Gasteiger charge is -2.21. The third kappa shape index (κ3) is 5.00. The van der Waals surface area contributed by atoms with Crippen molar-refractivity contribution < 1.29 is 4.74 Å². The van der Waals surface area contributed by atoms with E-state index in [1.807, 2.05) is 49.5 Å². The van der Waals surface area contributed by atoms with Crippen LogP contribution in [0.5, 0.6) is 5.75 Å². The zero-order valence-electron chi connectivity index (χ0n) is 15.1. The van der Waals surface area contributed by atoms with Gasteiger partial charge in [-0.15, -0.1) is 0 Å². The number of rotatable bonds is 9. The molecule has 0 heterocycles. The summed E-state index contributed by atoms with van der Waals surface area (Å²) in [5.41, 5.74) is 9.13. The molecule has 0 unspecified atom stereocenters. The van der Waals surface area contributed by atoms with Crippen molar-refractivity contribution in [2.24, 2.45) is 5.73 Å². The second kappa shape index (κ2) is 9.85. The minimum atomic E-state index is 0.623. The first-order valence-corrected chi connectivity index (χ1v) is 8.74. The van der Waals surface area contributed by atoms with Crippen LogP contribution in [0.25, 0.3) is 5.57 Å². The maximum Gasteiger partial charge on any atom is 0.128 e. The summed E-state index contributed by atoms with van der Waals surface area (Å²) >= 11 is 6.17. The van der Waals surface area contributed by atoms with Crippen LogP contribution in [0.4, 0.5) is 5.69 Å². The van der Waals surface area contributed by atoms with Crippen LogP contribution >= 0.6 is 11.6 Å². The van der Waals surface area contributed by atoms with E-state index in [4.69, 9.17) is 27.5 Å². The monoisotopic (exact) mass is 372 g/mol. The molecule has 0 aliphatic heterocycles. The van der Waals surface area contributed by atoms with Crippen molar-refractivity contribution in [2.45, 2.75) is 6.54 Å². The highest BCUT2D eigenvalue weighted by atomic mass is 35.5. The molecule has 2 aromatic carbocycles. The summed E-state index contributed by atoms with van der Waals surface area (Å²) in [4.78, 5) is 2.14. The normalized spacial score (nSPS) is 11.3. The molecule has 4 N–H and O–H groups in total. The molecular weight excluding hydrogens is 348 g/mol. The van der Waals surface area contributed by atoms with Gasteiger partial charge < -0.3 is 26.1 Å². The van der Waals surface area contributed by atoms with Gasteiger partial charge in [-0.05, 0) is 23.8 Å². The van der Waals surface area contributed by atoms with E-state index in [1.165, 1.54) is 12.4 Å². The molecule has 5 nitrogen and oxygen atoms in total. The number of nitrogens with two attached hydrogens (primary N) is 1. The van der Waals surface area contributed by atoms with Gasteiger partial charge in [-0.1, -0.05) is 29.8 Å². The number of halogens is 1. The highest BCUT2D eigenvalue weighted by Crippen LogP contribution is 2.29. The smallest absolute Gasteiger partial charge is 0.128 e. The number of nitrogens with one attached hydrogen (secondary N) is 2. The lowest BCUT2D eigenvalue weighted by Crippen LogP contribution is -2.29. The fourth-order valence-corrected chi connectivity index (χ4v) is 2.81. The van der Waals surface area contributed by atoms with Crippen molar-refractivity contribution in [2.75, 3.05) is 32.1 Å². The predicted molar refractivity (Wildman–Crippen MR) is 110 cm³/mol. The number of ether oxygens (including phenoxy) is 1. The molecule has 0 fully saturated rings. The van der Waals surface area contributed by atoms with Crippen LogP contribution in [0.15, 0.2) is 48.7 Å². The zero-order chi connectivity index (χ0) is 18.9. The van der Waals surface area contributed by atoms with Gasteiger partial charge >= 0.3 is 0 Å². The fraction of sp³-hybridized carbons (Fsp3) is 0.250. The second-order valence-corrected chi connectivity index (χ2v) is 6.25. The third-order valence-corrected chi connectivity index (χ3v) is 4.54. The van der Waals surface area contributed by atoms with Crippen LogP contribution in [0.2, 0.25) is 5.02 Å². The number of benzene rings is 2. The van der Waals surface area contributed by atoms with E-state index in [-0.39, 0.29) is 0 Å². The molecule has 0 aromatic heterocycles. The minimum absolute atomic E-state index is 0.623. The molecule has 0 atom stereocenters. The van der Waals surface area contributed by atoms with Crippen molar-refractivity contribution in [3.63, 3.8) is 0 Å². The molecule has 6 heteroatoms. The molecule has 0 radical (unpaired) electrons. The summed E-state index contributed by atoms with van der Waals surface area (Å²) < 4.78 is 5.46. The first kappa shape index (κ1) is 19.8. The van der Waals surface area contributed by atoms with E-state index in [2.05, 4.69) is 10.2 Å². The lowest BCUT2D eigenvalue weighted by atomic mass is 10.1. The van der Waals surface area contributed by atoms with Gasteiger partial charge in [0.05, 0.1) is 7.11 Å². The summed E-state index contributed by atoms with van der Waals surface area (Å²) in [5, 5.41) is 11.6. The summed E-state index contributed by atoms with van der Waals surface area (Å²) in [7, 11) is 3.65. The third-order valence-electron chi connectivity index (χ3n) is 4.17. The van der Waals surface area contributed by atoms with Gasteiger partial charge in [0.1, 0.15) is 5.75 Å². The molecule has 2 aromatic rings. The first-order chi connectivity index (χ1) is 12.6. The summed E-state index contributed by atoms with van der Waals surface area (Å²) in [6.45, 7) is 2.39. The van der Waals surface area contributed by atoms with Crippen molar-refractivity contribution in [3.8, 4) is 5.75 Å². The number of allylic oxidation sites excluding steroid dienone is 1. The molecule has 0 saturated carbocycles. The maximum atomic E-state index is 7.45. The summed E-state index contributed by atoms with van der Waals surface area (Å²) in [5.74, 6) is 0.693. The molecule has 138 valence electrons. The Kier molecular flexibility index (Phi) is 7.51.